The Labute approximate surface area is 112 Å². The maximum absolute atomic E-state index is 4.53. The minimum absolute atomic E-state index is 0.450. The molecule has 18 heavy (non-hydrogen) atoms. The third-order valence-corrected chi connectivity index (χ3v) is 3.32. The molecule has 0 aliphatic heterocycles. The molecule has 0 aliphatic rings. The first-order chi connectivity index (χ1) is 8.65. The highest BCUT2D eigenvalue weighted by Gasteiger charge is 2.06. The van der Waals surface area contributed by atoms with E-state index in [-0.39, 0.29) is 0 Å². The zero-order valence-electron chi connectivity index (χ0n) is 12.5. The fourth-order valence-electron chi connectivity index (χ4n) is 2.03. The van der Waals surface area contributed by atoms with Gasteiger partial charge in [0, 0.05) is 24.3 Å². The van der Waals surface area contributed by atoms with E-state index in [4.69, 9.17) is 0 Å². The van der Waals surface area contributed by atoms with Gasteiger partial charge in [-0.25, -0.2) is 0 Å². The number of hydrogen-bond acceptors (Lipinski definition) is 2. The maximum Gasteiger partial charge on any atom is 0.0638 e. The van der Waals surface area contributed by atoms with Crippen molar-refractivity contribution >= 4 is 0 Å². The van der Waals surface area contributed by atoms with Crippen LogP contribution >= 0.6 is 0 Å². The van der Waals surface area contributed by atoms with Gasteiger partial charge < -0.3 is 5.32 Å². The monoisotopic (exact) mass is 251 g/mol. The summed E-state index contributed by atoms with van der Waals surface area (Å²) < 4.78 is 2.05. The molecule has 1 rings (SSSR count). The lowest BCUT2D eigenvalue weighted by atomic mass is 10.1. The Morgan fingerprint density at radius 1 is 1.22 bits per heavy atom. The highest BCUT2D eigenvalue weighted by molar-refractivity contribution is 5.15. The SMILES string of the molecule is CCCCCCCNCc1cn(C(C)C)nc1C. The fraction of sp³-hybridized carbons (Fsp3) is 0.800. The molecule has 0 fully saturated rings. The van der Waals surface area contributed by atoms with Crippen LogP contribution in [0.15, 0.2) is 6.20 Å². The maximum atomic E-state index is 4.53. The van der Waals surface area contributed by atoms with Crippen molar-refractivity contribution in [2.24, 2.45) is 0 Å². The Kier molecular flexibility index (Phi) is 7.02. The van der Waals surface area contributed by atoms with Crippen molar-refractivity contribution in [1.82, 2.24) is 15.1 Å². The molecule has 1 aromatic heterocycles. The topological polar surface area (TPSA) is 29.9 Å². The Balaban J connectivity index is 2.19. The quantitative estimate of drug-likeness (QED) is 0.676. The van der Waals surface area contributed by atoms with E-state index in [1.807, 2.05) is 4.68 Å². The predicted octanol–water partition coefficient (Wildman–Crippen LogP) is 3.83. The molecule has 104 valence electrons. The van der Waals surface area contributed by atoms with Gasteiger partial charge in [-0.05, 0) is 33.7 Å². The van der Waals surface area contributed by atoms with Gasteiger partial charge in [-0.15, -0.1) is 0 Å². The molecule has 0 atom stereocenters. The minimum atomic E-state index is 0.450. The number of aryl methyl sites for hydroxylation is 1. The average molecular weight is 251 g/mol. The lowest BCUT2D eigenvalue weighted by molar-refractivity contribution is 0.528. The zero-order chi connectivity index (χ0) is 13.4. The van der Waals surface area contributed by atoms with E-state index in [2.05, 4.69) is 44.3 Å². The summed E-state index contributed by atoms with van der Waals surface area (Å²) >= 11 is 0. The number of nitrogens with zero attached hydrogens (tertiary/aromatic N) is 2. The zero-order valence-corrected chi connectivity index (χ0v) is 12.5. The lowest BCUT2D eigenvalue weighted by Gasteiger charge is -2.04. The van der Waals surface area contributed by atoms with Crippen molar-refractivity contribution in [3.05, 3.63) is 17.5 Å². The minimum Gasteiger partial charge on any atom is -0.313 e. The van der Waals surface area contributed by atoms with E-state index < -0.39 is 0 Å². The van der Waals surface area contributed by atoms with Crippen molar-refractivity contribution in [1.29, 1.82) is 0 Å². The average Bonchev–Trinajstić information content (AvgIpc) is 2.70. The molecule has 0 unspecified atom stereocenters. The van der Waals surface area contributed by atoms with Gasteiger partial charge in [-0.2, -0.15) is 5.10 Å². The largest absolute Gasteiger partial charge is 0.313 e. The number of unbranched alkanes of at least 4 members (excludes halogenated alkanes) is 4. The molecule has 0 radical (unpaired) electrons. The van der Waals surface area contributed by atoms with E-state index in [1.54, 1.807) is 0 Å². The molecule has 3 nitrogen and oxygen atoms in total. The van der Waals surface area contributed by atoms with E-state index in [0.29, 0.717) is 6.04 Å². The van der Waals surface area contributed by atoms with Gasteiger partial charge in [-0.3, -0.25) is 4.68 Å². The first-order valence-corrected chi connectivity index (χ1v) is 7.40. The highest BCUT2D eigenvalue weighted by Crippen LogP contribution is 2.10. The smallest absolute Gasteiger partial charge is 0.0638 e. The highest BCUT2D eigenvalue weighted by atomic mass is 15.3. The van der Waals surface area contributed by atoms with E-state index in [9.17, 15) is 0 Å². The normalized spacial score (nSPS) is 11.4. The third-order valence-electron chi connectivity index (χ3n) is 3.32. The second kappa shape index (κ2) is 8.30. The Bertz CT molecular complexity index is 328. The van der Waals surface area contributed by atoms with Crippen LogP contribution in [0, 0.1) is 6.92 Å². The molecular formula is C15H29N3. The standard InChI is InChI=1S/C15H29N3/c1-5-6-7-8-9-10-16-11-15-12-18(13(2)3)17-14(15)4/h12-13,16H,5-11H2,1-4H3. The van der Waals surface area contributed by atoms with Crippen LogP contribution in [0.25, 0.3) is 0 Å². The van der Waals surface area contributed by atoms with Crippen molar-refractivity contribution in [2.45, 2.75) is 72.4 Å². The fourth-order valence-corrected chi connectivity index (χ4v) is 2.03. The van der Waals surface area contributed by atoms with Crippen LogP contribution in [0.3, 0.4) is 0 Å². The third kappa shape index (κ3) is 5.21. The first-order valence-electron chi connectivity index (χ1n) is 7.40. The molecule has 0 saturated heterocycles. The van der Waals surface area contributed by atoms with Gasteiger partial charge in [0.1, 0.15) is 0 Å². The number of hydrogen-bond donors (Lipinski definition) is 1. The molecule has 0 bridgehead atoms. The van der Waals surface area contributed by atoms with Gasteiger partial charge >= 0.3 is 0 Å². The summed E-state index contributed by atoms with van der Waals surface area (Å²) in [5.41, 5.74) is 2.49. The second-order valence-corrected chi connectivity index (χ2v) is 5.40. The van der Waals surface area contributed by atoms with Crippen molar-refractivity contribution in [3.63, 3.8) is 0 Å². The Morgan fingerprint density at radius 3 is 2.56 bits per heavy atom. The summed E-state index contributed by atoms with van der Waals surface area (Å²) in [5, 5.41) is 8.04. The summed E-state index contributed by atoms with van der Waals surface area (Å²) in [6.45, 7) is 10.8. The van der Waals surface area contributed by atoms with Crippen LogP contribution in [0.4, 0.5) is 0 Å². The van der Waals surface area contributed by atoms with Crippen LogP contribution in [-0.2, 0) is 6.54 Å². The van der Waals surface area contributed by atoms with Crippen molar-refractivity contribution < 1.29 is 0 Å². The number of aromatic nitrogens is 2. The Morgan fingerprint density at radius 2 is 1.94 bits per heavy atom. The molecule has 1 aromatic rings. The Hall–Kier alpha value is -0.830. The lowest BCUT2D eigenvalue weighted by Crippen LogP contribution is -2.14. The molecule has 1 heterocycles. The molecule has 0 spiro atoms. The molecule has 0 aliphatic carbocycles. The predicted molar refractivity (Wildman–Crippen MR) is 77.8 cm³/mol. The summed E-state index contributed by atoms with van der Waals surface area (Å²) in [7, 11) is 0. The van der Waals surface area contributed by atoms with Crippen LogP contribution in [0.1, 0.15) is 70.2 Å². The van der Waals surface area contributed by atoms with Crippen LogP contribution in [-0.4, -0.2) is 16.3 Å². The molecular weight excluding hydrogens is 222 g/mol. The number of rotatable bonds is 9. The molecule has 0 aromatic carbocycles. The summed E-state index contributed by atoms with van der Waals surface area (Å²) in [5.74, 6) is 0. The van der Waals surface area contributed by atoms with Gasteiger partial charge in [0.05, 0.1) is 5.69 Å². The molecule has 3 heteroatoms. The first kappa shape index (κ1) is 15.2. The number of nitrogens with one attached hydrogen (secondary N) is 1. The molecule has 1 N–H and O–H groups in total. The van der Waals surface area contributed by atoms with Gasteiger partial charge in [0.2, 0.25) is 0 Å². The van der Waals surface area contributed by atoms with Crippen LogP contribution < -0.4 is 5.32 Å². The van der Waals surface area contributed by atoms with Crippen LogP contribution in [0.5, 0.6) is 0 Å². The summed E-state index contributed by atoms with van der Waals surface area (Å²) in [6.07, 6.45) is 8.89. The van der Waals surface area contributed by atoms with Gasteiger partial charge in [-0.1, -0.05) is 32.6 Å². The van der Waals surface area contributed by atoms with E-state index in [0.717, 1.165) is 18.8 Å². The summed E-state index contributed by atoms with van der Waals surface area (Å²) in [4.78, 5) is 0. The van der Waals surface area contributed by atoms with Gasteiger partial charge in [0.25, 0.3) is 0 Å². The van der Waals surface area contributed by atoms with E-state index >= 15 is 0 Å². The van der Waals surface area contributed by atoms with Gasteiger partial charge in [0.15, 0.2) is 0 Å². The van der Waals surface area contributed by atoms with Crippen molar-refractivity contribution in [3.8, 4) is 0 Å². The van der Waals surface area contributed by atoms with Crippen molar-refractivity contribution in [2.75, 3.05) is 6.54 Å². The van der Waals surface area contributed by atoms with Crippen LogP contribution in [0.2, 0.25) is 0 Å². The molecule has 0 saturated carbocycles. The summed E-state index contributed by atoms with van der Waals surface area (Å²) in [6, 6.07) is 0.450. The van der Waals surface area contributed by atoms with E-state index in [1.165, 1.54) is 37.7 Å². The molecule has 0 amide bonds. The second-order valence-electron chi connectivity index (χ2n) is 5.40.